The van der Waals surface area contributed by atoms with Crippen LogP contribution in [0.4, 0.5) is 5.69 Å². The van der Waals surface area contributed by atoms with E-state index in [1.165, 1.54) is 0 Å². The molecule has 0 spiro atoms. The SMILES string of the molecule is N#Cc1cc(Cl)ccc1N1CCCCC1C=O. The molecule has 0 aliphatic carbocycles. The van der Waals surface area contributed by atoms with Crippen LogP contribution in [-0.2, 0) is 4.79 Å². The van der Waals surface area contributed by atoms with Gasteiger partial charge in [0.15, 0.2) is 0 Å². The predicted octanol–water partition coefficient (Wildman–Crippen LogP) is 2.77. The van der Waals surface area contributed by atoms with Gasteiger partial charge in [-0.25, -0.2) is 0 Å². The van der Waals surface area contributed by atoms with Crippen LogP contribution < -0.4 is 4.90 Å². The molecule has 0 bridgehead atoms. The molecule has 1 aliphatic heterocycles. The smallest absolute Gasteiger partial charge is 0.142 e. The van der Waals surface area contributed by atoms with E-state index >= 15 is 0 Å². The van der Waals surface area contributed by atoms with Gasteiger partial charge in [-0.15, -0.1) is 0 Å². The van der Waals surface area contributed by atoms with Crippen LogP contribution in [0.25, 0.3) is 0 Å². The van der Waals surface area contributed by atoms with Gasteiger partial charge >= 0.3 is 0 Å². The summed E-state index contributed by atoms with van der Waals surface area (Å²) in [5.74, 6) is 0. The van der Waals surface area contributed by atoms with Crippen molar-refractivity contribution in [2.75, 3.05) is 11.4 Å². The average Bonchev–Trinajstić information content (AvgIpc) is 2.38. The molecule has 1 unspecified atom stereocenters. The molecule has 1 aromatic rings. The molecule has 2 rings (SSSR count). The van der Waals surface area contributed by atoms with Crippen molar-refractivity contribution in [1.29, 1.82) is 5.26 Å². The molecule has 0 amide bonds. The Balaban J connectivity index is 2.38. The lowest BCUT2D eigenvalue weighted by atomic mass is 10.0. The quantitative estimate of drug-likeness (QED) is 0.756. The van der Waals surface area contributed by atoms with Gasteiger partial charge in [-0.05, 0) is 37.5 Å². The third-order valence-electron chi connectivity index (χ3n) is 3.09. The Morgan fingerprint density at radius 1 is 1.47 bits per heavy atom. The van der Waals surface area contributed by atoms with E-state index in [2.05, 4.69) is 6.07 Å². The number of carbonyl (C=O) groups is 1. The molecule has 1 heterocycles. The number of hydrogen-bond acceptors (Lipinski definition) is 3. The molecule has 1 aliphatic rings. The third kappa shape index (κ3) is 2.42. The molecule has 17 heavy (non-hydrogen) atoms. The third-order valence-corrected chi connectivity index (χ3v) is 3.33. The number of rotatable bonds is 2. The molecule has 1 fully saturated rings. The summed E-state index contributed by atoms with van der Waals surface area (Å²) < 4.78 is 0. The highest BCUT2D eigenvalue weighted by Gasteiger charge is 2.23. The van der Waals surface area contributed by atoms with Gasteiger partial charge in [0.25, 0.3) is 0 Å². The summed E-state index contributed by atoms with van der Waals surface area (Å²) in [5.41, 5.74) is 1.35. The Kier molecular flexibility index (Phi) is 3.65. The lowest BCUT2D eigenvalue weighted by Crippen LogP contribution is -2.41. The molecule has 1 atom stereocenters. The molecule has 3 nitrogen and oxygen atoms in total. The summed E-state index contributed by atoms with van der Waals surface area (Å²) in [7, 11) is 0. The summed E-state index contributed by atoms with van der Waals surface area (Å²) in [6, 6.07) is 7.25. The fourth-order valence-electron chi connectivity index (χ4n) is 2.25. The molecule has 0 N–H and O–H groups in total. The Morgan fingerprint density at radius 2 is 2.29 bits per heavy atom. The van der Waals surface area contributed by atoms with Gasteiger partial charge < -0.3 is 9.69 Å². The minimum Gasteiger partial charge on any atom is -0.361 e. The number of aldehydes is 1. The van der Waals surface area contributed by atoms with E-state index in [1.54, 1.807) is 12.1 Å². The number of halogens is 1. The van der Waals surface area contributed by atoms with Crippen LogP contribution in [0.5, 0.6) is 0 Å². The van der Waals surface area contributed by atoms with E-state index in [4.69, 9.17) is 16.9 Å². The normalized spacial score (nSPS) is 19.8. The molecule has 4 heteroatoms. The fourth-order valence-corrected chi connectivity index (χ4v) is 2.42. The lowest BCUT2D eigenvalue weighted by Gasteiger charge is -2.34. The van der Waals surface area contributed by atoms with Gasteiger partial charge in [0.2, 0.25) is 0 Å². The summed E-state index contributed by atoms with van der Waals surface area (Å²) in [6.45, 7) is 0.819. The first kappa shape index (κ1) is 11.9. The molecule has 1 saturated heterocycles. The molecular weight excluding hydrogens is 236 g/mol. The van der Waals surface area contributed by atoms with E-state index in [-0.39, 0.29) is 6.04 Å². The summed E-state index contributed by atoms with van der Waals surface area (Å²) >= 11 is 5.87. The van der Waals surface area contributed by atoms with Crippen molar-refractivity contribution >= 4 is 23.6 Å². The van der Waals surface area contributed by atoms with Crippen molar-refractivity contribution in [3.8, 4) is 6.07 Å². The second-order valence-electron chi connectivity index (χ2n) is 4.17. The van der Waals surface area contributed by atoms with E-state index in [9.17, 15) is 4.79 Å². The number of piperidine rings is 1. The number of nitriles is 1. The zero-order chi connectivity index (χ0) is 12.3. The minimum atomic E-state index is -0.114. The zero-order valence-corrected chi connectivity index (χ0v) is 10.2. The highest BCUT2D eigenvalue weighted by atomic mass is 35.5. The van der Waals surface area contributed by atoms with Crippen molar-refractivity contribution < 1.29 is 4.79 Å². The van der Waals surface area contributed by atoms with Crippen molar-refractivity contribution in [1.82, 2.24) is 0 Å². The maximum Gasteiger partial charge on any atom is 0.142 e. The predicted molar refractivity (Wildman–Crippen MR) is 67.2 cm³/mol. The van der Waals surface area contributed by atoms with Crippen molar-refractivity contribution in [3.63, 3.8) is 0 Å². The molecule has 1 aromatic carbocycles. The first-order valence-corrected chi connectivity index (χ1v) is 6.05. The molecule has 88 valence electrons. The number of anilines is 1. The Morgan fingerprint density at radius 3 is 3.00 bits per heavy atom. The van der Waals surface area contributed by atoms with Gasteiger partial charge in [0, 0.05) is 11.6 Å². The number of nitrogens with zero attached hydrogens (tertiary/aromatic N) is 2. The van der Waals surface area contributed by atoms with E-state index in [0.29, 0.717) is 10.6 Å². The molecule has 0 saturated carbocycles. The first-order valence-electron chi connectivity index (χ1n) is 5.68. The number of hydrogen-bond donors (Lipinski definition) is 0. The van der Waals surface area contributed by atoms with Crippen molar-refractivity contribution in [2.45, 2.75) is 25.3 Å². The van der Waals surface area contributed by atoms with Gasteiger partial charge in [-0.3, -0.25) is 0 Å². The van der Waals surface area contributed by atoms with E-state index < -0.39 is 0 Å². The monoisotopic (exact) mass is 248 g/mol. The van der Waals surface area contributed by atoms with E-state index in [0.717, 1.165) is 37.8 Å². The van der Waals surface area contributed by atoms with Crippen LogP contribution in [0.15, 0.2) is 18.2 Å². The average molecular weight is 249 g/mol. The standard InChI is InChI=1S/C13H13ClN2O/c14-11-4-5-13(10(7-11)8-15)16-6-2-1-3-12(16)9-17/h4-5,7,9,12H,1-3,6H2. The van der Waals surface area contributed by atoms with Crippen LogP contribution >= 0.6 is 11.6 Å². The summed E-state index contributed by atoms with van der Waals surface area (Å²) in [4.78, 5) is 13.1. The Bertz CT molecular complexity index is 467. The first-order chi connectivity index (χ1) is 8.26. The second-order valence-corrected chi connectivity index (χ2v) is 4.60. The number of carbonyl (C=O) groups excluding carboxylic acids is 1. The second kappa shape index (κ2) is 5.20. The van der Waals surface area contributed by atoms with Crippen LogP contribution in [0, 0.1) is 11.3 Å². The highest BCUT2D eigenvalue weighted by Crippen LogP contribution is 2.28. The van der Waals surface area contributed by atoms with E-state index in [1.807, 2.05) is 11.0 Å². The van der Waals surface area contributed by atoms with Crippen LogP contribution in [0.1, 0.15) is 24.8 Å². The summed E-state index contributed by atoms with van der Waals surface area (Å²) in [5, 5.41) is 9.66. The topological polar surface area (TPSA) is 44.1 Å². The van der Waals surface area contributed by atoms with Crippen LogP contribution in [-0.4, -0.2) is 18.9 Å². The van der Waals surface area contributed by atoms with Crippen molar-refractivity contribution in [2.24, 2.45) is 0 Å². The van der Waals surface area contributed by atoms with Gasteiger partial charge in [0.1, 0.15) is 12.4 Å². The maximum atomic E-state index is 11.1. The zero-order valence-electron chi connectivity index (χ0n) is 9.40. The molecule has 0 aromatic heterocycles. The largest absolute Gasteiger partial charge is 0.361 e. The van der Waals surface area contributed by atoms with Gasteiger partial charge in [0.05, 0.1) is 17.3 Å². The minimum absolute atomic E-state index is 0.114. The summed E-state index contributed by atoms with van der Waals surface area (Å²) in [6.07, 6.45) is 3.94. The maximum absolute atomic E-state index is 11.1. The van der Waals surface area contributed by atoms with Gasteiger partial charge in [-0.2, -0.15) is 5.26 Å². The van der Waals surface area contributed by atoms with Gasteiger partial charge in [-0.1, -0.05) is 11.6 Å². The molecule has 0 radical (unpaired) electrons. The van der Waals surface area contributed by atoms with Crippen LogP contribution in [0.3, 0.4) is 0 Å². The Hall–Kier alpha value is -1.53. The number of benzene rings is 1. The fraction of sp³-hybridized carbons (Fsp3) is 0.385. The highest BCUT2D eigenvalue weighted by molar-refractivity contribution is 6.30. The van der Waals surface area contributed by atoms with Crippen molar-refractivity contribution in [3.05, 3.63) is 28.8 Å². The lowest BCUT2D eigenvalue weighted by molar-refractivity contribution is -0.109. The molecular formula is C13H13ClN2O. The Labute approximate surface area is 106 Å². The van der Waals surface area contributed by atoms with Crippen LogP contribution in [0.2, 0.25) is 5.02 Å².